The molecule has 6 atom stereocenters. The highest BCUT2D eigenvalue weighted by molar-refractivity contribution is 8.06. The van der Waals surface area contributed by atoms with Gasteiger partial charge in [-0.2, -0.15) is 12.7 Å². The van der Waals surface area contributed by atoms with Crippen LogP contribution in [0.15, 0.2) is 71.3 Å². The smallest absolute Gasteiger partial charge is 0.425 e. The molecule has 2 aromatic rings. The summed E-state index contributed by atoms with van der Waals surface area (Å²) < 4.78 is 42.1. The second-order valence-corrected chi connectivity index (χ2v) is 19.3. The maximum absolute atomic E-state index is 14.4. The fourth-order valence-corrected chi connectivity index (χ4v) is 10.7. The van der Waals surface area contributed by atoms with Crippen molar-refractivity contribution in [2.24, 2.45) is 16.5 Å². The Hall–Kier alpha value is -4.12. The van der Waals surface area contributed by atoms with Gasteiger partial charge >= 0.3 is 28.4 Å². The van der Waals surface area contributed by atoms with Crippen molar-refractivity contribution in [1.29, 1.82) is 0 Å². The SMILES string of the molecule is CC(O)C12SC3=C(C(=O)OC(c4ccccc4)c4ccccc4)N(C1=O)[C@H]2[C@@]3(C)C1CC(CN(C(=O)OC(C)(C)C)S(N)(=O)=O)N(C(=O)OC(C)(C)C)C1. The number of thioether (sulfide) groups is 1. The summed E-state index contributed by atoms with van der Waals surface area (Å²) in [4.78, 5) is 58.7. The van der Waals surface area contributed by atoms with Gasteiger partial charge in [-0.25, -0.2) is 19.5 Å². The molecule has 16 heteroatoms. The van der Waals surface area contributed by atoms with Gasteiger partial charge < -0.3 is 24.2 Å². The number of aliphatic hydroxyl groups excluding tert-OH is 1. The standard InChI is InChI=1S/C38H48N4O10S2/c1-22(43)38-31-37(8,25-19-26(40(20-25)33(46)51-35(2,3)4)21-41(54(39,48)49)34(47)52-36(5,6)7)29(53-38)27(42(31)32(38)45)30(44)50-28(23-15-11-9-12-16-23)24-17-13-10-14-18-24/h9-18,22,25-26,28,31,43H,19-21H2,1-8H3,(H2,39,48,49)/t22?,25?,26?,31-,37-,38?/m0/s1. The molecule has 3 saturated heterocycles. The third-order valence-electron chi connectivity index (χ3n) is 10.4. The summed E-state index contributed by atoms with van der Waals surface area (Å²) in [5.41, 5.74) is -1.45. The molecule has 4 aliphatic rings. The lowest BCUT2D eigenvalue weighted by molar-refractivity contribution is -0.164. The zero-order chi connectivity index (χ0) is 39.8. The van der Waals surface area contributed by atoms with E-state index in [2.05, 4.69) is 0 Å². The van der Waals surface area contributed by atoms with Crippen molar-refractivity contribution in [1.82, 2.24) is 14.1 Å². The number of esters is 1. The summed E-state index contributed by atoms with van der Waals surface area (Å²) in [5, 5.41) is 16.7. The number of hydrogen-bond acceptors (Lipinski definition) is 11. The fraction of sp³-hybridized carbons (Fsp3) is 0.526. The molecule has 4 aliphatic heterocycles. The Morgan fingerprint density at radius 1 is 0.981 bits per heavy atom. The molecule has 2 aromatic carbocycles. The number of β-lactam (4-membered cyclic amide) rings is 1. The van der Waals surface area contributed by atoms with Gasteiger partial charge in [-0.3, -0.25) is 9.69 Å². The van der Waals surface area contributed by atoms with E-state index in [0.29, 0.717) is 9.21 Å². The summed E-state index contributed by atoms with van der Waals surface area (Å²) in [6.07, 6.45) is -3.72. The topological polar surface area (TPSA) is 186 Å². The van der Waals surface area contributed by atoms with E-state index >= 15 is 0 Å². The average Bonchev–Trinajstić information content (AvgIpc) is 3.68. The fourth-order valence-electron chi connectivity index (χ4n) is 8.10. The molecule has 4 unspecified atom stereocenters. The van der Waals surface area contributed by atoms with Crippen molar-refractivity contribution in [3.05, 3.63) is 82.4 Å². The van der Waals surface area contributed by atoms with E-state index in [1.54, 1.807) is 41.5 Å². The van der Waals surface area contributed by atoms with E-state index in [0.717, 1.165) is 22.9 Å². The molecular formula is C38H48N4O10S2. The largest absolute Gasteiger partial charge is 0.448 e. The summed E-state index contributed by atoms with van der Waals surface area (Å²) in [6.45, 7) is 12.7. The third-order valence-corrected chi connectivity index (χ3v) is 13.2. The minimum atomic E-state index is -4.66. The van der Waals surface area contributed by atoms with Crippen LogP contribution in [0.2, 0.25) is 0 Å². The van der Waals surface area contributed by atoms with Gasteiger partial charge in [0.05, 0.1) is 24.7 Å². The van der Waals surface area contributed by atoms with Gasteiger partial charge in [0, 0.05) is 16.9 Å². The van der Waals surface area contributed by atoms with Crippen molar-refractivity contribution >= 4 is 46.0 Å². The number of aliphatic hydroxyl groups is 1. The highest BCUT2D eigenvalue weighted by atomic mass is 32.2. The number of hydrogen-bond donors (Lipinski definition) is 2. The summed E-state index contributed by atoms with van der Waals surface area (Å²) in [5.74, 6) is -1.66. The number of nitrogens with two attached hydrogens (primary N) is 1. The van der Waals surface area contributed by atoms with Crippen LogP contribution in [0.3, 0.4) is 0 Å². The Bertz CT molecular complexity index is 1940. The van der Waals surface area contributed by atoms with Crippen LogP contribution in [0.25, 0.3) is 0 Å². The number of carbonyl (C=O) groups is 4. The first kappa shape index (κ1) is 39.6. The number of likely N-dealkylation sites (tertiary alicyclic amines) is 1. The van der Waals surface area contributed by atoms with Crippen LogP contribution in [0.5, 0.6) is 0 Å². The van der Waals surface area contributed by atoms with Gasteiger partial charge in [0.1, 0.15) is 21.6 Å². The molecule has 0 spiro atoms. The third kappa shape index (κ3) is 6.75. The van der Waals surface area contributed by atoms with Crippen LogP contribution in [-0.4, -0.2) is 98.9 Å². The second-order valence-electron chi connectivity index (χ2n) is 16.5. The minimum Gasteiger partial charge on any atom is -0.448 e. The number of amides is 3. The molecule has 54 heavy (non-hydrogen) atoms. The van der Waals surface area contributed by atoms with E-state index < -0.39 is 92.4 Å². The molecule has 0 saturated carbocycles. The molecule has 0 aliphatic carbocycles. The highest BCUT2D eigenvalue weighted by Gasteiger charge is 2.82. The minimum absolute atomic E-state index is 0.0142. The lowest BCUT2D eigenvalue weighted by Crippen LogP contribution is -2.76. The first-order chi connectivity index (χ1) is 25.0. The first-order valence-electron chi connectivity index (χ1n) is 17.8. The highest BCUT2D eigenvalue weighted by Crippen LogP contribution is 2.75. The first-order valence-corrected chi connectivity index (χ1v) is 20.1. The van der Waals surface area contributed by atoms with Crippen LogP contribution in [0.4, 0.5) is 9.59 Å². The summed E-state index contributed by atoms with van der Waals surface area (Å²) >= 11 is 1.15. The van der Waals surface area contributed by atoms with Gasteiger partial charge in [0.15, 0.2) is 6.10 Å². The van der Waals surface area contributed by atoms with Gasteiger partial charge in [-0.05, 0) is 71.9 Å². The number of rotatable bonds is 9. The van der Waals surface area contributed by atoms with Crippen LogP contribution in [0.1, 0.15) is 79.0 Å². The maximum Gasteiger partial charge on any atom is 0.425 e. The molecule has 3 fully saturated rings. The monoisotopic (exact) mass is 784 g/mol. The van der Waals surface area contributed by atoms with Crippen molar-refractivity contribution in [3.8, 4) is 0 Å². The number of nitrogens with zero attached hydrogens (tertiary/aromatic N) is 3. The van der Waals surface area contributed by atoms with Crippen molar-refractivity contribution in [2.75, 3.05) is 13.1 Å². The Morgan fingerprint density at radius 3 is 2.00 bits per heavy atom. The summed E-state index contributed by atoms with van der Waals surface area (Å²) in [7, 11) is -4.66. The molecule has 4 heterocycles. The van der Waals surface area contributed by atoms with Crippen LogP contribution >= 0.6 is 11.8 Å². The van der Waals surface area contributed by atoms with Crippen LogP contribution in [0, 0.1) is 11.3 Å². The predicted octanol–water partition coefficient (Wildman–Crippen LogP) is 4.69. The zero-order valence-electron chi connectivity index (χ0n) is 31.6. The van der Waals surface area contributed by atoms with E-state index in [1.165, 1.54) is 16.7 Å². The molecule has 14 nitrogen and oxygen atoms in total. The van der Waals surface area contributed by atoms with Gasteiger partial charge in [-0.1, -0.05) is 67.6 Å². The van der Waals surface area contributed by atoms with Crippen molar-refractivity contribution in [2.45, 2.75) is 102 Å². The molecule has 6 rings (SSSR count). The number of carbonyl (C=O) groups excluding carboxylic acids is 4. The van der Waals surface area contributed by atoms with E-state index in [4.69, 9.17) is 19.3 Å². The number of ether oxygens (including phenoxy) is 3. The molecule has 0 radical (unpaired) electrons. The molecule has 292 valence electrons. The summed E-state index contributed by atoms with van der Waals surface area (Å²) in [6, 6.07) is 16.8. The van der Waals surface area contributed by atoms with E-state index in [-0.39, 0.29) is 18.7 Å². The van der Waals surface area contributed by atoms with Crippen molar-refractivity contribution in [3.63, 3.8) is 0 Å². The normalized spacial score (nSPS) is 26.9. The lowest BCUT2D eigenvalue weighted by Gasteiger charge is -2.56. The Morgan fingerprint density at radius 2 is 1.52 bits per heavy atom. The predicted molar refractivity (Wildman–Crippen MR) is 199 cm³/mol. The van der Waals surface area contributed by atoms with Crippen LogP contribution < -0.4 is 5.14 Å². The Labute approximate surface area is 320 Å². The van der Waals surface area contributed by atoms with Crippen molar-refractivity contribution < 1.29 is 46.9 Å². The average molecular weight is 785 g/mol. The molecule has 3 N–H and O–H groups in total. The molecular weight excluding hydrogens is 737 g/mol. The maximum atomic E-state index is 14.4. The van der Waals surface area contributed by atoms with Gasteiger partial charge in [0.25, 0.3) is 0 Å². The van der Waals surface area contributed by atoms with Gasteiger partial charge in [-0.15, -0.1) is 11.8 Å². The second kappa shape index (κ2) is 13.6. The Kier molecular flexibility index (Phi) is 9.94. The quantitative estimate of drug-likeness (QED) is 0.204. The zero-order valence-corrected chi connectivity index (χ0v) is 33.3. The lowest BCUT2D eigenvalue weighted by atomic mass is 9.63. The van der Waals surface area contributed by atoms with E-state index in [1.807, 2.05) is 67.6 Å². The van der Waals surface area contributed by atoms with Gasteiger partial charge in [0.2, 0.25) is 5.91 Å². The molecule has 0 aromatic heterocycles. The number of benzene rings is 2. The van der Waals surface area contributed by atoms with Crippen LogP contribution in [-0.2, 0) is 34.0 Å². The molecule has 2 bridgehead atoms. The Balaban J connectivity index is 1.40. The number of fused-ring (bicyclic) bond motifs is 1. The van der Waals surface area contributed by atoms with E-state index in [9.17, 15) is 32.7 Å². The molecule has 3 amide bonds.